The van der Waals surface area contributed by atoms with E-state index < -0.39 is 12.2 Å². The average molecular weight is 324 g/mol. The maximum atomic E-state index is 12.3. The molecule has 122 valence electrons. The molecule has 0 aliphatic carbocycles. The van der Waals surface area contributed by atoms with Crippen LogP contribution in [-0.4, -0.2) is 23.7 Å². The smallest absolute Gasteiger partial charge is 0.355 e. The number of nitrogens with one attached hydrogen (secondary N) is 2. The molecule has 0 aromatic carbocycles. The zero-order valence-corrected chi connectivity index (χ0v) is 13.7. The van der Waals surface area contributed by atoms with Gasteiger partial charge in [-0.1, -0.05) is 20.8 Å². The number of anilines is 1. The molecule has 0 bridgehead atoms. The minimum atomic E-state index is -4.38. The van der Waals surface area contributed by atoms with Crippen molar-refractivity contribution in [1.29, 1.82) is 0 Å². The second kappa shape index (κ2) is 9.92. The second-order valence-corrected chi connectivity index (χ2v) is 4.42. The third kappa shape index (κ3) is 7.07. The second-order valence-electron chi connectivity index (χ2n) is 4.14. The Hall–Kier alpha value is -0.910. The maximum Gasteiger partial charge on any atom is 0.404 e. The molecular formula is C13H24F3N4P. The lowest BCUT2D eigenvalue weighted by Gasteiger charge is -2.22. The van der Waals surface area contributed by atoms with E-state index in [0.717, 1.165) is 5.56 Å². The van der Waals surface area contributed by atoms with E-state index in [2.05, 4.69) is 24.8 Å². The van der Waals surface area contributed by atoms with Crippen molar-refractivity contribution in [1.82, 2.24) is 10.3 Å². The predicted molar refractivity (Wildman–Crippen MR) is 84.0 cm³/mol. The molecule has 4 nitrogen and oxygen atoms in total. The molecule has 0 radical (unpaired) electrons. The summed E-state index contributed by atoms with van der Waals surface area (Å²) < 4.78 is 37.0. The lowest BCUT2D eigenvalue weighted by molar-refractivity contribution is -0.146. The Morgan fingerprint density at radius 2 is 2.00 bits per heavy atom. The molecule has 1 aromatic heterocycles. The summed E-state index contributed by atoms with van der Waals surface area (Å²) in [6, 6.07) is 1.51. The van der Waals surface area contributed by atoms with Gasteiger partial charge in [-0.25, -0.2) is 4.98 Å². The van der Waals surface area contributed by atoms with E-state index >= 15 is 0 Å². The van der Waals surface area contributed by atoms with Gasteiger partial charge in [0.1, 0.15) is 11.9 Å². The summed E-state index contributed by atoms with van der Waals surface area (Å²) in [5.41, 5.74) is 5.94. The predicted octanol–water partition coefficient (Wildman–Crippen LogP) is 3.24. The lowest BCUT2D eigenvalue weighted by atomic mass is 10.1. The molecule has 0 saturated carbocycles. The molecule has 1 aromatic rings. The van der Waals surface area contributed by atoms with Gasteiger partial charge in [-0.3, -0.25) is 0 Å². The number of pyridine rings is 1. The normalized spacial score (nSPS) is 13.9. The third-order valence-corrected chi connectivity index (χ3v) is 3.04. The molecule has 3 unspecified atom stereocenters. The highest BCUT2D eigenvalue weighted by Gasteiger charge is 2.36. The van der Waals surface area contributed by atoms with Gasteiger partial charge in [0, 0.05) is 18.8 Å². The fourth-order valence-corrected chi connectivity index (χ4v) is 1.78. The summed E-state index contributed by atoms with van der Waals surface area (Å²) in [6.45, 7) is 5.58. The summed E-state index contributed by atoms with van der Waals surface area (Å²) in [5, 5.41) is 5.64. The molecule has 8 heteroatoms. The summed E-state index contributed by atoms with van der Waals surface area (Å²) in [4.78, 5) is 4.04. The highest BCUT2D eigenvalue weighted by atomic mass is 31.0. The van der Waals surface area contributed by atoms with Gasteiger partial charge in [-0.15, -0.1) is 0 Å². The van der Waals surface area contributed by atoms with Crippen molar-refractivity contribution in [3.63, 3.8) is 0 Å². The fourth-order valence-electron chi connectivity index (χ4n) is 1.63. The molecule has 0 saturated heterocycles. The topological polar surface area (TPSA) is 63.0 Å². The number of hydrogen-bond acceptors (Lipinski definition) is 4. The summed E-state index contributed by atoms with van der Waals surface area (Å²) in [7, 11) is 2.32. The Kier molecular flexibility index (Phi) is 9.49. The van der Waals surface area contributed by atoms with E-state index in [9.17, 15) is 13.2 Å². The van der Waals surface area contributed by atoms with Crippen LogP contribution in [0.15, 0.2) is 18.3 Å². The standard InChI is InChI=1S/C11H18F3N4P.C2H6/c1-2-8(17-6-9(15)11(12,13)14)7-3-4-16-10(5-7)18-19;1-2/h3-5,8-9,17H,2,6,15,19H2,1H3,(H,16,18);1-2H3. The lowest BCUT2D eigenvalue weighted by Crippen LogP contribution is -2.46. The van der Waals surface area contributed by atoms with Gasteiger partial charge in [0.25, 0.3) is 0 Å². The molecule has 0 amide bonds. The Morgan fingerprint density at radius 1 is 1.38 bits per heavy atom. The molecule has 4 N–H and O–H groups in total. The first-order chi connectivity index (χ1) is 9.88. The molecular weight excluding hydrogens is 300 g/mol. The monoisotopic (exact) mass is 324 g/mol. The van der Waals surface area contributed by atoms with E-state index in [0.29, 0.717) is 12.2 Å². The van der Waals surface area contributed by atoms with E-state index in [1.807, 2.05) is 20.8 Å². The Bertz CT molecular complexity index is 401. The van der Waals surface area contributed by atoms with Crippen LogP contribution in [-0.2, 0) is 0 Å². The van der Waals surface area contributed by atoms with Crippen molar-refractivity contribution in [2.45, 2.75) is 45.5 Å². The van der Waals surface area contributed by atoms with Gasteiger partial charge in [0.2, 0.25) is 0 Å². The van der Waals surface area contributed by atoms with Crippen LogP contribution in [0.5, 0.6) is 0 Å². The first-order valence-electron chi connectivity index (χ1n) is 6.86. The molecule has 3 atom stereocenters. The van der Waals surface area contributed by atoms with Crippen LogP contribution >= 0.6 is 9.39 Å². The summed E-state index contributed by atoms with van der Waals surface area (Å²) >= 11 is 0. The number of nitrogens with two attached hydrogens (primary N) is 1. The Labute approximate surface area is 126 Å². The van der Waals surface area contributed by atoms with Crippen LogP contribution in [0.4, 0.5) is 19.0 Å². The van der Waals surface area contributed by atoms with Crippen LogP contribution in [0.3, 0.4) is 0 Å². The van der Waals surface area contributed by atoms with E-state index in [4.69, 9.17) is 5.73 Å². The average Bonchev–Trinajstić information content (AvgIpc) is 2.49. The van der Waals surface area contributed by atoms with Crippen LogP contribution in [0.25, 0.3) is 0 Å². The van der Waals surface area contributed by atoms with Crippen LogP contribution < -0.4 is 16.1 Å². The molecule has 0 spiro atoms. The maximum absolute atomic E-state index is 12.3. The minimum Gasteiger partial charge on any atom is -0.355 e. The summed E-state index contributed by atoms with van der Waals surface area (Å²) in [6.07, 6.45) is -2.11. The SMILES string of the molecule is CC.CCC(NCC(N)C(F)(F)F)c1ccnc(NP)c1. The zero-order valence-electron chi connectivity index (χ0n) is 12.5. The van der Waals surface area contributed by atoms with Crippen LogP contribution in [0.1, 0.15) is 38.8 Å². The van der Waals surface area contributed by atoms with Crippen LogP contribution in [0.2, 0.25) is 0 Å². The van der Waals surface area contributed by atoms with Gasteiger partial charge in [-0.05, 0) is 33.5 Å². The molecule has 0 aliphatic heterocycles. The van der Waals surface area contributed by atoms with Crippen LogP contribution in [0, 0.1) is 0 Å². The van der Waals surface area contributed by atoms with Gasteiger partial charge >= 0.3 is 6.18 Å². The first kappa shape index (κ1) is 20.1. The van der Waals surface area contributed by atoms with Gasteiger partial charge < -0.3 is 16.1 Å². The number of nitrogens with zero attached hydrogens (tertiary/aromatic N) is 1. The Morgan fingerprint density at radius 3 is 2.48 bits per heavy atom. The van der Waals surface area contributed by atoms with Crippen molar-refractivity contribution in [3.05, 3.63) is 23.9 Å². The largest absolute Gasteiger partial charge is 0.404 e. The molecule has 1 heterocycles. The molecule has 1 rings (SSSR count). The van der Waals surface area contributed by atoms with Crippen molar-refractivity contribution >= 4 is 15.2 Å². The number of rotatable bonds is 6. The fraction of sp³-hybridized carbons (Fsp3) is 0.615. The quantitative estimate of drug-likeness (QED) is 0.703. The first-order valence-corrected chi connectivity index (χ1v) is 7.44. The highest BCUT2D eigenvalue weighted by molar-refractivity contribution is 7.18. The van der Waals surface area contributed by atoms with Crippen molar-refractivity contribution in [2.24, 2.45) is 5.73 Å². The molecule has 0 fully saturated rings. The number of halogens is 3. The number of hydrogen-bond donors (Lipinski definition) is 3. The van der Waals surface area contributed by atoms with Crippen molar-refractivity contribution < 1.29 is 13.2 Å². The molecule has 21 heavy (non-hydrogen) atoms. The number of alkyl halides is 3. The van der Waals surface area contributed by atoms with Gasteiger partial charge in [0.15, 0.2) is 0 Å². The summed E-state index contributed by atoms with van der Waals surface area (Å²) in [5.74, 6) is 0.642. The van der Waals surface area contributed by atoms with E-state index in [-0.39, 0.29) is 12.6 Å². The Balaban J connectivity index is 0.00000191. The van der Waals surface area contributed by atoms with E-state index in [1.165, 1.54) is 0 Å². The minimum absolute atomic E-state index is 0.187. The third-order valence-electron chi connectivity index (χ3n) is 2.75. The highest BCUT2D eigenvalue weighted by Crippen LogP contribution is 2.21. The van der Waals surface area contributed by atoms with Crippen molar-refractivity contribution in [3.8, 4) is 0 Å². The number of aromatic nitrogens is 1. The molecule has 0 aliphatic rings. The van der Waals surface area contributed by atoms with Crippen molar-refractivity contribution in [2.75, 3.05) is 11.6 Å². The zero-order chi connectivity index (χ0) is 16.5. The van der Waals surface area contributed by atoms with Gasteiger partial charge in [0.05, 0.1) is 0 Å². The van der Waals surface area contributed by atoms with E-state index in [1.54, 1.807) is 18.3 Å². The van der Waals surface area contributed by atoms with Gasteiger partial charge in [-0.2, -0.15) is 13.2 Å².